The van der Waals surface area contributed by atoms with Gasteiger partial charge in [0, 0.05) is 38.4 Å². The van der Waals surface area contributed by atoms with Gasteiger partial charge in [0.15, 0.2) is 0 Å². The van der Waals surface area contributed by atoms with Gasteiger partial charge in [-0.3, -0.25) is 14.6 Å². The average Bonchev–Trinajstić information content (AvgIpc) is 2.85. The van der Waals surface area contributed by atoms with Crippen LogP contribution in [0.15, 0.2) is 24.5 Å². The van der Waals surface area contributed by atoms with Gasteiger partial charge >= 0.3 is 0 Å². The van der Waals surface area contributed by atoms with Crippen molar-refractivity contribution in [1.29, 1.82) is 0 Å². The lowest BCUT2D eigenvalue weighted by Crippen LogP contribution is -2.34. The highest BCUT2D eigenvalue weighted by molar-refractivity contribution is 5.89. The van der Waals surface area contributed by atoms with Gasteiger partial charge < -0.3 is 15.1 Å². The summed E-state index contributed by atoms with van der Waals surface area (Å²) in [4.78, 5) is 32.0. The van der Waals surface area contributed by atoms with Crippen LogP contribution in [0.3, 0.4) is 0 Å². The van der Waals surface area contributed by atoms with Gasteiger partial charge in [0.2, 0.25) is 11.8 Å². The molecule has 0 spiro atoms. The average molecular weight is 304 g/mol. The van der Waals surface area contributed by atoms with Gasteiger partial charge in [-0.05, 0) is 38.7 Å². The first kappa shape index (κ1) is 16.4. The Kier molecular flexibility index (Phi) is 5.89. The van der Waals surface area contributed by atoms with Gasteiger partial charge in [-0.15, -0.1) is 0 Å². The van der Waals surface area contributed by atoms with Crippen LogP contribution in [0.25, 0.3) is 0 Å². The second-order valence-electron chi connectivity index (χ2n) is 5.98. The standard InChI is InChI=1S/C16H24N4O2/c1-19(2)8-4-7-18-16(22)14-9-15(21)20(12-14)11-13-5-3-6-17-10-13/h3,5-6,10,14H,4,7-9,11-12H2,1-2H3,(H,18,22). The van der Waals surface area contributed by atoms with E-state index < -0.39 is 0 Å². The molecule has 2 rings (SSSR count). The van der Waals surface area contributed by atoms with Crippen LogP contribution in [0.5, 0.6) is 0 Å². The number of hydrogen-bond acceptors (Lipinski definition) is 4. The highest BCUT2D eigenvalue weighted by Crippen LogP contribution is 2.20. The van der Waals surface area contributed by atoms with Crippen LogP contribution in [0.4, 0.5) is 0 Å². The van der Waals surface area contributed by atoms with Crippen molar-refractivity contribution < 1.29 is 9.59 Å². The van der Waals surface area contributed by atoms with Crippen LogP contribution < -0.4 is 5.32 Å². The number of carbonyl (C=O) groups excluding carboxylic acids is 2. The fourth-order valence-corrected chi connectivity index (χ4v) is 2.56. The monoisotopic (exact) mass is 304 g/mol. The third kappa shape index (κ3) is 4.80. The lowest BCUT2D eigenvalue weighted by molar-refractivity contribution is -0.129. The first-order valence-electron chi connectivity index (χ1n) is 7.65. The van der Waals surface area contributed by atoms with E-state index in [0.717, 1.165) is 18.5 Å². The molecule has 1 aromatic rings. The van der Waals surface area contributed by atoms with Crippen molar-refractivity contribution in [3.8, 4) is 0 Å². The normalized spacial score (nSPS) is 18.0. The largest absolute Gasteiger partial charge is 0.356 e. The van der Waals surface area contributed by atoms with Gasteiger partial charge in [0.05, 0.1) is 5.92 Å². The molecule has 1 aliphatic rings. The maximum Gasteiger partial charge on any atom is 0.225 e. The number of likely N-dealkylation sites (tertiary alicyclic amines) is 1. The molecule has 0 radical (unpaired) electrons. The minimum atomic E-state index is -0.233. The van der Waals surface area contributed by atoms with Crippen molar-refractivity contribution in [2.24, 2.45) is 5.92 Å². The summed E-state index contributed by atoms with van der Waals surface area (Å²) in [5, 5.41) is 2.93. The van der Waals surface area contributed by atoms with Crippen LogP contribution in [-0.4, -0.2) is 60.3 Å². The zero-order valence-corrected chi connectivity index (χ0v) is 13.3. The topological polar surface area (TPSA) is 65.5 Å². The molecule has 2 heterocycles. The number of rotatable bonds is 7. The summed E-state index contributed by atoms with van der Waals surface area (Å²) in [5.74, 6) is -0.207. The highest BCUT2D eigenvalue weighted by Gasteiger charge is 2.33. The Bertz CT molecular complexity index is 504. The molecule has 1 aliphatic heterocycles. The van der Waals surface area contributed by atoms with Crippen molar-refractivity contribution in [3.63, 3.8) is 0 Å². The second kappa shape index (κ2) is 7.89. The van der Waals surface area contributed by atoms with E-state index in [-0.39, 0.29) is 17.7 Å². The van der Waals surface area contributed by atoms with E-state index in [2.05, 4.69) is 15.2 Å². The molecule has 1 aromatic heterocycles. The molecule has 1 fully saturated rings. The van der Waals surface area contributed by atoms with E-state index in [0.29, 0.717) is 26.1 Å². The van der Waals surface area contributed by atoms with Crippen LogP contribution in [0.2, 0.25) is 0 Å². The molecule has 22 heavy (non-hydrogen) atoms. The molecule has 6 heteroatoms. The molecule has 1 N–H and O–H groups in total. The summed E-state index contributed by atoms with van der Waals surface area (Å²) < 4.78 is 0. The van der Waals surface area contributed by atoms with E-state index >= 15 is 0 Å². The van der Waals surface area contributed by atoms with Gasteiger partial charge in [0.25, 0.3) is 0 Å². The number of hydrogen-bond donors (Lipinski definition) is 1. The van der Waals surface area contributed by atoms with E-state index in [1.165, 1.54) is 0 Å². The summed E-state index contributed by atoms with van der Waals surface area (Å²) in [5.41, 5.74) is 0.989. The van der Waals surface area contributed by atoms with Gasteiger partial charge in [0.1, 0.15) is 0 Å². The molecule has 0 aromatic carbocycles. The number of nitrogens with zero attached hydrogens (tertiary/aromatic N) is 3. The molecule has 1 unspecified atom stereocenters. The predicted octanol–water partition coefficient (Wildman–Crippen LogP) is 0.498. The summed E-state index contributed by atoms with van der Waals surface area (Å²) in [6, 6.07) is 3.79. The zero-order valence-electron chi connectivity index (χ0n) is 13.3. The smallest absolute Gasteiger partial charge is 0.225 e. The summed E-state index contributed by atoms with van der Waals surface area (Å²) >= 11 is 0. The number of amides is 2. The Balaban J connectivity index is 1.77. The Hall–Kier alpha value is -1.95. The number of pyridine rings is 1. The fraction of sp³-hybridized carbons (Fsp3) is 0.562. The number of nitrogens with one attached hydrogen (secondary N) is 1. The molecule has 0 aliphatic carbocycles. The maximum absolute atomic E-state index is 12.1. The van der Waals surface area contributed by atoms with E-state index in [9.17, 15) is 9.59 Å². The van der Waals surface area contributed by atoms with Crippen molar-refractivity contribution in [3.05, 3.63) is 30.1 Å². The SMILES string of the molecule is CN(C)CCCNC(=O)C1CC(=O)N(Cc2cccnc2)C1. The zero-order chi connectivity index (χ0) is 15.9. The van der Waals surface area contributed by atoms with Gasteiger partial charge in [-0.25, -0.2) is 0 Å². The van der Waals surface area contributed by atoms with E-state index in [1.54, 1.807) is 17.3 Å². The van der Waals surface area contributed by atoms with Gasteiger partial charge in [-0.1, -0.05) is 6.07 Å². The second-order valence-corrected chi connectivity index (χ2v) is 5.98. The summed E-state index contributed by atoms with van der Waals surface area (Å²) in [6.45, 7) is 2.62. The lowest BCUT2D eigenvalue weighted by Gasteiger charge is -2.16. The van der Waals surface area contributed by atoms with E-state index in [4.69, 9.17) is 0 Å². The first-order valence-corrected chi connectivity index (χ1v) is 7.65. The third-order valence-electron chi connectivity index (χ3n) is 3.76. The number of aromatic nitrogens is 1. The van der Waals surface area contributed by atoms with Crippen LogP contribution >= 0.6 is 0 Å². The maximum atomic E-state index is 12.1. The summed E-state index contributed by atoms with van der Waals surface area (Å²) in [6.07, 6.45) is 4.68. The molecule has 0 saturated carbocycles. The van der Waals surface area contributed by atoms with Crippen molar-refractivity contribution in [2.45, 2.75) is 19.4 Å². The van der Waals surface area contributed by atoms with Crippen LogP contribution in [-0.2, 0) is 16.1 Å². The highest BCUT2D eigenvalue weighted by atomic mass is 16.2. The van der Waals surface area contributed by atoms with Crippen molar-refractivity contribution >= 4 is 11.8 Å². The van der Waals surface area contributed by atoms with Gasteiger partial charge in [-0.2, -0.15) is 0 Å². The van der Waals surface area contributed by atoms with Crippen LogP contribution in [0, 0.1) is 5.92 Å². The molecule has 1 atom stereocenters. The molecular formula is C16H24N4O2. The molecule has 6 nitrogen and oxygen atoms in total. The fourth-order valence-electron chi connectivity index (χ4n) is 2.56. The first-order chi connectivity index (χ1) is 10.6. The van der Waals surface area contributed by atoms with E-state index in [1.807, 2.05) is 26.2 Å². The third-order valence-corrected chi connectivity index (χ3v) is 3.76. The quantitative estimate of drug-likeness (QED) is 0.745. The number of carbonyl (C=O) groups is 2. The molecule has 2 amide bonds. The minimum Gasteiger partial charge on any atom is -0.356 e. The van der Waals surface area contributed by atoms with Crippen molar-refractivity contribution in [2.75, 3.05) is 33.7 Å². The Morgan fingerprint density at radius 3 is 3.00 bits per heavy atom. The minimum absolute atomic E-state index is 0.0132. The molecular weight excluding hydrogens is 280 g/mol. The Morgan fingerprint density at radius 1 is 1.50 bits per heavy atom. The lowest BCUT2D eigenvalue weighted by atomic mass is 10.1. The molecule has 1 saturated heterocycles. The Labute approximate surface area is 131 Å². The molecule has 120 valence electrons. The predicted molar refractivity (Wildman–Crippen MR) is 83.9 cm³/mol. The summed E-state index contributed by atoms with van der Waals surface area (Å²) in [7, 11) is 4.02. The van der Waals surface area contributed by atoms with Crippen molar-refractivity contribution in [1.82, 2.24) is 20.1 Å². The Morgan fingerprint density at radius 2 is 2.32 bits per heavy atom. The van der Waals surface area contributed by atoms with Crippen LogP contribution in [0.1, 0.15) is 18.4 Å². The molecule has 0 bridgehead atoms.